The molecule has 0 atom stereocenters. The van der Waals surface area contributed by atoms with Crippen LogP contribution in [0.5, 0.6) is 5.75 Å². The van der Waals surface area contributed by atoms with Gasteiger partial charge in [0.2, 0.25) is 10.0 Å². The van der Waals surface area contributed by atoms with Crippen molar-refractivity contribution in [2.24, 2.45) is 0 Å². The number of ether oxygens (including phenoxy) is 1. The van der Waals surface area contributed by atoms with Crippen molar-refractivity contribution in [1.29, 1.82) is 0 Å². The third-order valence-corrected chi connectivity index (χ3v) is 7.07. The monoisotopic (exact) mass is 420 g/mol. The molecule has 2 aromatic rings. The largest absolute Gasteiger partial charge is 0.493 e. The van der Waals surface area contributed by atoms with Crippen LogP contribution < -0.4 is 10.1 Å². The van der Waals surface area contributed by atoms with Crippen LogP contribution in [0.2, 0.25) is 0 Å². The average Bonchev–Trinajstić information content (AvgIpc) is 3.15. The Bertz CT molecular complexity index is 1020. The number of nitrogens with one attached hydrogen (secondary N) is 1. The van der Waals surface area contributed by atoms with Gasteiger partial charge in [0, 0.05) is 26.1 Å². The van der Waals surface area contributed by atoms with E-state index in [0.717, 1.165) is 35.4 Å². The van der Waals surface area contributed by atoms with E-state index in [4.69, 9.17) is 4.74 Å². The molecule has 3 rings (SSSR count). The zero-order valence-electron chi connectivity index (χ0n) is 16.7. The number of halogens is 1. The highest BCUT2D eigenvalue weighted by molar-refractivity contribution is 7.89. The average molecular weight is 421 g/mol. The highest BCUT2D eigenvalue weighted by Gasteiger charge is 2.25. The molecular formula is C21H25FN2O4S. The molecule has 2 aromatic carbocycles. The first-order chi connectivity index (χ1) is 13.7. The second-order valence-electron chi connectivity index (χ2n) is 7.30. The zero-order chi connectivity index (χ0) is 21.2. The van der Waals surface area contributed by atoms with Gasteiger partial charge in [0.15, 0.2) is 0 Å². The van der Waals surface area contributed by atoms with Crippen LogP contribution in [-0.2, 0) is 22.9 Å². The summed E-state index contributed by atoms with van der Waals surface area (Å²) < 4.78 is 46.1. The molecule has 0 saturated heterocycles. The van der Waals surface area contributed by atoms with E-state index in [1.165, 1.54) is 17.4 Å². The van der Waals surface area contributed by atoms with Crippen molar-refractivity contribution in [1.82, 2.24) is 9.62 Å². The van der Waals surface area contributed by atoms with Crippen LogP contribution in [-0.4, -0.2) is 44.9 Å². The van der Waals surface area contributed by atoms with Gasteiger partial charge in [-0.3, -0.25) is 4.79 Å². The number of sulfonamides is 1. The first-order valence-corrected chi connectivity index (χ1v) is 10.9. The summed E-state index contributed by atoms with van der Waals surface area (Å²) in [6, 6.07) is 8.91. The quantitative estimate of drug-likeness (QED) is 0.747. The van der Waals surface area contributed by atoms with Gasteiger partial charge in [-0.05, 0) is 55.7 Å². The molecule has 0 unspecified atom stereocenters. The van der Waals surface area contributed by atoms with E-state index in [1.807, 2.05) is 18.2 Å². The minimum atomic E-state index is -3.81. The molecule has 8 heteroatoms. The lowest BCUT2D eigenvalue weighted by Gasteiger charge is -2.21. The normalized spacial score (nSPS) is 13.4. The van der Waals surface area contributed by atoms with E-state index in [-0.39, 0.29) is 16.5 Å². The number of rotatable bonds is 7. The predicted octanol–water partition coefficient (Wildman–Crippen LogP) is 2.76. The molecule has 0 radical (unpaired) electrons. The van der Waals surface area contributed by atoms with E-state index in [2.05, 4.69) is 5.32 Å². The van der Waals surface area contributed by atoms with E-state index >= 15 is 0 Å². The third kappa shape index (κ3) is 4.59. The van der Waals surface area contributed by atoms with Crippen LogP contribution in [0.3, 0.4) is 0 Å². The summed E-state index contributed by atoms with van der Waals surface area (Å²) >= 11 is 0. The first kappa shape index (κ1) is 21.3. The van der Waals surface area contributed by atoms with E-state index in [0.29, 0.717) is 19.6 Å². The number of carbonyl (C=O) groups excluding carboxylic acids is 1. The number of hydrogen-bond donors (Lipinski definition) is 1. The maximum atomic E-state index is 14.2. The molecule has 0 bridgehead atoms. The Morgan fingerprint density at radius 2 is 2.00 bits per heavy atom. The highest BCUT2D eigenvalue weighted by Crippen LogP contribution is 2.26. The molecule has 1 aliphatic rings. The minimum absolute atomic E-state index is 0.112. The highest BCUT2D eigenvalue weighted by atomic mass is 32.2. The van der Waals surface area contributed by atoms with Crippen molar-refractivity contribution in [2.75, 3.05) is 20.2 Å². The summed E-state index contributed by atoms with van der Waals surface area (Å²) in [5.41, 5.74) is 1.91. The second kappa shape index (κ2) is 8.51. The standard InChI is InChI=1S/C21H25FN2O4S/c1-14(2)24(3)29(26,27)17-5-6-19(22)18(13-17)21(25)23-10-8-15-4-7-20-16(12-15)9-11-28-20/h4-7,12-14H,8-11H2,1-3H3,(H,23,25). The van der Waals surface area contributed by atoms with Crippen molar-refractivity contribution < 1.29 is 22.3 Å². The smallest absolute Gasteiger partial charge is 0.254 e. The molecule has 0 spiro atoms. The Labute approximate surface area is 170 Å². The van der Waals surface area contributed by atoms with E-state index in [9.17, 15) is 17.6 Å². The van der Waals surface area contributed by atoms with Crippen molar-refractivity contribution in [3.63, 3.8) is 0 Å². The first-order valence-electron chi connectivity index (χ1n) is 9.50. The second-order valence-corrected chi connectivity index (χ2v) is 9.30. The number of amides is 1. The Morgan fingerprint density at radius 3 is 2.72 bits per heavy atom. The lowest BCUT2D eigenvalue weighted by molar-refractivity contribution is 0.0950. The summed E-state index contributed by atoms with van der Waals surface area (Å²) in [7, 11) is -2.36. The Kier molecular flexibility index (Phi) is 6.24. The van der Waals surface area contributed by atoms with Crippen molar-refractivity contribution in [3.05, 3.63) is 58.9 Å². The van der Waals surface area contributed by atoms with Crippen LogP contribution in [0.1, 0.15) is 35.3 Å². The minimum Gasteiger partial charge on any atom is -0.493 e. The van der Waals surface area contributed by atoms with E-state index < -0.39 is 21.7 Å². The van der Waals surface area contributed by atoms with Gasteiger partial charge >= 0.3 is 0 Å². The number of nitrogens with zero attached hydrogens (tertiary/aromatic N) is 1. The fourth-order valence-corrected chi connectivity index (χ4v) is 4.49. The van der Waals surface area contributed by atoms with Crippen molar-refractivity contribution >= 4 is 15.9 Å². The lowest BCUT2D eigenvalue weighted by Crippen LogP contribution is -2.33. The van der Waals surface area contributed by atoms with Gasteiger partial charge in [-0.2, -0.15) is 4.31 Å². The van der Waals surface area contributed by atoms with Crippen LogP contribution in [0.15, 0.2) is 41.3 Å². The molecular weight excluding hydrogens is 395 g/mol. The fourth-order valence-electron chi connectivity index (χ4n) is 3.09. The maximum Gasteiger partial charge on any atom is 0.254 e. The Hall–Kier alpha value is -2.45. The number of benzene rings is 2. The van der Waals surface area contributed by atoms with Gasteiger partial charge in [-0.25, -0.2) is 12.8 Å². The van der Waals surface area contributed by atoms with Gasteiger partial charge in [0.25, 0.3) is 5.91 Å². The topological polar surface area (TPSA) is 75.7 Å². The third-order valence-electron chi connectivity index (χ3n) is 5.04. The molecule has 1 amide bonds. The molecule has 0 aromatic heterocycles. The molecule has 156 valence electrons. The van der Waals surface area contributed by atoms with Gasteiger partial charge in [0.05, 0.1) is 17.1 Å². The summed E-state index contributed by atoms with van der Waals surface area (Å²) in [6.07, 6.45) is 1.45. The van der Waals surface area contributed by atoms with Crippen LogP contribution in [0, 0.1) is 5.82 Å². The van der Waals surface area contributed by atoms with Gasteiger partial charge < -0.3 is 10.1 Å². The van der Waals surface area contributed by atoms with Crippen molar-refractivity contribution in [3.8, 4) is 5.75 Å². The van der Waals surface area contributed by atoms with Gasteiger partial charge in [0.1, 0.15) is 11.6 Å². The van der Waals surface area contributed by atoms with Crippen LogP contribution in [0.25, 0.3) is 0 Å². The van der Waals surface area contributed by atoms with Crippen molar-refractivity contribution in [2.45, 2.75) is 37.6 Å². The molecule has 1 N–H and O–H groups in total. The Morgan fingerprint density at radius 1 is 1.24 bits per heavy atom. The predicted molar refractivity (Wildman–Crippen MR) is 108 cm³/mol. The number of fused-ring (bicyclic) bond motifs is 1. The molecule has 1 heterocycles. The summed E-state index contributed by atoms with van der Waals surface area (Å²) in [5.74, 6) is -0.510. The molecule has 0 fully saturated rings. The number of hydrogen-bond acceptors (Lipinski definition) is 4. The molecule has 0 saturated carbocycles. The van der Waals surface area contributed by atoms with Crippen LogP contribution in [0.4, 0.5) is 4.39 Å². The summed E-state index contributed by atoms with van der Waals surface area (Å²) in [4.78, 5) is 12.3. The SMILES string of the molecule is CC(C)N(C)S(=O)(=O)c1ccc(F)c(C(=O)NCCc2ccc3c(c2)CCO3)c1. The number of carbonyl (C=O) groups is 1. The molecule has 6 nitrogen and oxygen atoms in total. The van der Waals surface area contributed by atoms with Gasteiger partial charge in [-0.15, -0.1) is 0 Å². The molecule has 0 aliphatic carbocycles. The lowest BCUT2D eigenvalue weighted by atomic mass is 10.1. The fraction of sp³-hybridized carbons (Fsp3) is 0.381. The van der Waals surface area contributed by atoms with E-state index in [1.54, 1.807) is 13.8 Å². The molecule has 29 heavy (non-hydrogen) atoms. The summed E-state index contributed by atoms with van der Waals surface area (Å²) in [5, 5.41) is 2.67. The zero-order valence-corrected chi connectivity index (χ0v) is 17.6. The summed E-state index contributed by atoms with van der Waals surface area (Å²) in [6.45, 7) is 4.46. The van der Waals surface area contributed by atoms with Crippen LogP contribution >= 0.6 is 0 Å². The molecule has 1 aliphatic heterocycles. The maximum absolute atomic E-state index is 14.2. The Balaban J connectivity index is 1.69. The van der Waals surface area contributed by atoms with Gasteiger partial charge in [-0.1, -0.05) is 12.1 Å².